The lowest BCUT2D eigenvalue weighted by Gasteiger charge is -2.27. The number of aromatic nitrogens is 2. The normalized spacial score (nSPS) is 16.4. The van der Waals surface area contributed by atoms with E-state index in [2.05, 4.69) is 16.9 Å². The molecule has 0 aliphatic carbocycles. The van der Waals surface area contributed by atoms with Gasteiger partial charge in [-0.1, -0.05) is 23.9 Å². The van der Waals surface area contributed by atoms with Crippen molar-refractivity contribution in [2.24, 2.45) is 0 Å². The first kappa shape index (κ1) is 17.7. The number of aryl methyl sites for hydroxylation is 1. The SMILES string of the molecule is Cc1sc2nc(SC3CCN(C)CC3)[nH]c(=O)c2c1-c1ccc(F)cc1. The standard InChI is InChI=1S/C19H20FN3OS2/c1-11-15(12-3-5-13(20)6-4-12)16-17(24)21-19(22-18(16)25-11)26-14-7-9-23(2)10-8-14/h3-6,14H,7-10H2,1-2H3,(H,21,22,24). The van der Waals surface area contributed by atoms with Crippen LogP contribution in [0.3, 0.4) is 0 Å². The van der Waals surface area contributed by atoms with E-state index in [-0.39, 0.29) is 11.4 Å². The van der Waals surface area contributed by atoms with Gasteiger partial charge in [0, 0.05) is 15.7 Å². The molecular weight excluding hydrogens is 369 g/mol. The third kappa shape index (κ3) is 3.43. The zero-order valence-corrected chi connectivity index (χ0v) is 16.3. The van der Waals surface area contributed by atoms with Crippen molar-refractivity contribution >= 4 is 33.3 Å². The number of hydrogen-bond donors (Lipinski definition) is 1. The number of rotatable bonds is 3. The molecule has 0 atom stereocenters. The molecule has 4 rings (SSSR count). The van der Waals surface area contributed by atoms with Crippen molar-refractivity contribution in [3.63, 3.8) is 0 Å². The summed E-state index contributed by atoms with van der Waals surface area (Å²) >= 11 is 3.19. The zero-order chi connectivity index (χ0) is 18.3. The van der Waals surface area contributed by atoms with Crippen molar-refractivity contribution in [3.05, 3.63) is 45.3 Å². The number of thioether (sulfide) groups is 1. The zero-order valence-electron chi connectivity index (χ0n) is 14.7. The van der Waals surface area contributed by atoms with Gasteiger partial charge in [-0.3, -0.25) is 4.79 Å². The fourth-order valence-corrected chi connectivity index (χ4v) is 5.54. The monoisotopic (exact) mass is 389 g/mol. The summed E-state index contributed by atoms with van der Waals surface area (Å²) in [5, 5.41) is 1.79. The molecule has 3 aromatic rings. The summed E-state index contributed by atoms with van der Waals surface area (Å²) in [6, 6.07) is 6.27. The Hall–Kier alpha value is -1.70. The first-order chi connectivity index (χ1) is 12.5. The van der Waals surface area contributed by atoms with Crippen molar-refractivity contribution in [1.82, 2.24) is 14.9 Å². The molecule has 7 heteroatoms. The van der Waals surface area contributed by atoms with Crippen LogP contribution in [-0.4, -0.2) is 40.3 Å². The Balaban J connectivity index is 1.70. The quantitative estimate of drug-likeness (QED) is 0.679. The molecule has 0 spiro atoms. The van der Waals surface area contributed by atoms with Crippen molar-refractivity contribution in [1.29, 1.82) is 0 Å². The van der Waals surface area contributed by atoms with E-state index in [0.29, 0.717) is 15.8 Å². The predicted molar refractivity (Wildman–Crippen MR) is 107 cm³/mol. The number of halogens is 1. The Kier molecular flexibility index (Phi) is 4.86. The summed E-state index contributed by atoms with van der Waals surface area (Å²) in [4.78, 5) is 24.6. The highest BCUT2D eigenvalue weighted by molar-refractivity contribution is 7.99. The number of thiophene rings is 1. The molecule has 26 heavy (non-hydrogen) atoms. The van der Waals surface area contributed by atoms with Gasteiger partial charge in [-0.2, -0.15) is 0 Å². The first-order valence-corrected chi connectivity index (χ1v) is 10.4. The van der Waals surface area contributed by atoms with E-state index in [1.165, 1.54) is 23.5 Å². The smallest absolute Gasteiger partial charge is 0.260 e. The second-order valence-electron chi connectivity index (χ2n) is 6.71. The predicted octanol–water partition coefficient (Wildman–Crippen LogP) is 4.29. The first-order valence-electron chi connectivity index (χ1n) is 8.66. The van der Waals surface area contributed by atoms with Crippen molar-refractivity contribution < 1.29 is 4.39 Å². The highest BCUT2D eigenvalue weighted by Crippen LogP contribution is 2.37. The number of H-pyrrole nitrogens is 1. The fourth-order valence-electron chi connectivity index (χ4n) is 3.38. The topological polar surface area (TPSA) is 49.0 Å². The van der Waals surface area contributed by atoms with Crippen LogP contribution < -0.4 is 5.56 Å². The Morgan fingerprint density at radius 2 is 1.96 bits per heavy atom. The molecule has 0 bridgehead atoms. The van der Waals surface area contributed by atoms with Crippen molar-refractivity contribution in [3.8, 4) is 11.1 Å². The highest BCUT2D eigenvalue weighted by atomic mass is 32.2. The van der Waals surface area contributed by atoms with E-state index in [0.717, 1.165) is 46.8 Å². The highest BCUT2D eigenvalue weighted by Gasteiger charge is 2.21. The molecule has 0 amide bonds. The number of piperidine rings is 1. The van der Waals surface area contributed by atoms with E-state index in [1.807, 2.05) is 6.92 Å². The largest absolute Gasteiger partial charge is 0.306 e. The maximum Gasteiger partial charge on any atom is 0.260 e. The van der Waals surface area contributed by atoms with Crippen molar-refractivity contribution in [2.45, 2.75) is 30.2 Å². The molecule has 1 aliphatic heterocycles. The van der Waals surface area contributed by atoms with Crippen molar-refractivity contribution in [2.75, 3.05) is 20.1 Å². The lowest BCUT2D eigenvalue weighted by atomic mass is 10.0. The number of likely N-dealkylation sites (tertiary alicyclic amines) is 1. The van der Waals surface area contributed by atoms with Crippen LogP contribution in [0.25, 0.3) is 21.3 Å². The van der Waals surface area contributed by atoms with Gasteiger partial charge >= 0.3 is 0 Å². The molecule has 1 saturated heterocycles. The van der Waals surface area contributed by atoms with Gasteiger partial charge in [-0.25, -0.2) is 9.37 Å². The fraction of sp³-hybridized carbons (Fsp3) is 0.368. The number of benzene rings is 1. The molecule has 2 aromatic heterocycles. The summed E-state index contributed by atoms with van der Waals surface area (Å²) < 4.78 is 13.2. The molecule has 136 valence electrons. The van der Waals surface area contributed by atoms with E-state index < -0.39 is 0 Å². The lowest BCUT2D eigenvalue weighted by Crippen LogP contribution is -2.31. The number of hydrogen-bond acceptors (Lipinski definition) is 5. The van der Waals surface area contributed by atoms with Crippen LogP contribution in [0.5, 0.6) is 0 Å². The average Bonchev–Trinajstić information content (AvgIpc) is 2.94. The number of fused-ring (bicyclic) bond motifs is 1. The number of aromatic amines is 1. The summed E-state index contributed by atoms with van der Waals surface area (Å²) in [5.74, 6) is -0.283. The van der Waals surface area contributed by atoms with Gasteiger partial charge < -0.3 is 9.88 Å². The summed E-state index contributed by atoms with van der Waals surface area (Å²) in [6.07, 6.45) is 2.21. The minimum Gasteiger partial charge on any atom is -0.306 e. The second kappa shape index (κ2) is 7.13. The van der Waals surface area contributed by atoms with Gasteiger partial charge in [-0.05, 0) is 57.6 Å². The molecule has 4 nitrogen and oxygen atoms in total. The third-order valence-electron chi connectivity index (χ3n) is 4.79. The van der Waals surface area contributed by atoms with Crippen LogP contribution in [0, 0.1) is 12.7 Å². The maximum absolute atomic E-state index is 13.2. The Morgan fingerprint density at radius 1 is 1.27 bits per heavy atom. The molecule has 0 saturated carbocycles. The summed E-state index contributed by atoms with van der Waals surface area (Å²) in [7, 11) is 2.14. The van der Waals surface area contributed by atoms with E-state index in [1.54, 1.807) is 23.9 Å². The Morgan fingerprint density at radius 3 is 2.65 bits per heavy atom. The van der Waals surface area contributed by atoms with Gasteiger partial charge in [0.2, 0.25) is 0 Å². The van der Waals surface area contributed by atoms with Crippen LogP contribution in [0.2, 0.25) is 0 Å². The van der Waals surface area contributed by atoms with Gasteiger partial charge in [0.25, 0.3) is 5.56 Å². The molecule has 0 radical (unpaired) electrons. The Bertz CT molecular complexity index is 988. The number of nitrogens with zero attached hydrogens (tertiary/aromatic N) is 2. The van der Waals surface area contributed by atoms with Gasteiger partial charge in [0.15, 0.2) is 5.16 Å². The molecule has 1 fully saturated rings. The molecule has 3 heterocycles. The van der Waals surface area contributed by atoms with Crippen LogP contribution in [0.1, 0.15) is 17.7 Å². The van der Waals surface area contributed by atoms with Gasteiger partial charge in [-0.15, -0.1) is 11.3 Å². The maximum atomic E-state index is 13.2. The van der Waals surface area contributed by atoms with E-state index in [4.69, 9.17) is 4.98 Å². The van der Waals surface area contributed by atoms with E-state index >= 15 is 0 Å². The Labute approximate surface area is 159 Å². The molecular formula is C19H20FN3OS2. The molecule has 1 aromatic carbocycles. The van der Waals surface area contributed by atoms with Gasteiger partial charge in [0.05, 0.1) is 5.39 Å². The second-order valence-corrected chi connectivity index (χ2v) is 9.20. The van der Waals surface area contributed by atoms with Crippen LogP contribution in [0.4, 0.5) is 4.39 Å². The van der Waals surface area contributed by atoms with E-state index in [9.17, 15) is 9.18 Å². The van der Waals surface area contributed by atoms with Crippen LogP contribution in [-0.2, 0) is 0 Å². The third-order valence-corrected chi connectivity index (χ3v) is 7.01. The molecule has 0 unspecified atom stereocenters. The minimum absolute atomic E-state index is 0.117. The molecule has 1 aliphatic rings. The van der Waals surface area contributed by atoms with Crippen LogP contribution >= 0.6 is 23.1 Å². The van der Waals surface area contributed by atoms with Crippen LogP contribution in [0.15, 0.2) is 34.2 Å². The minimum atomic E-state index is -0.283. The summed E-state index contributed by atoms with van der Waals surface area (Å²) in [6.45, 7) is 4.14. The summed E-state index contributed by atoms with van der Waals surface area (Å²) in [5.41, 5.74) is 1.59. The number of nitrogens with one attached hydrogen (secondary N) is 1. The molecule has 1 N–H and O–H groups in total. The van der Waals surface area contributed by atoms with Gasteiger partial charge in [0.1, 0.15) is 10.6 Å². The average molecular weight is 390 g/mol. The lowest BCUT2D eigenvalue weighted by molar-refractivity contribution is 0.282.